The summed E-state index contributed by atoms with van der Waals surface area (Å²) in [5.41, 5.74) is 3.03. The van der Waals surface area contributed by atoms with Crippen LogP contribution in [-0.4, -0.2) is 36.7 Å². The summed E-state index contributed by atoms with van der Waals surface area (Å²) in [6.45, 7) is 7.39. The molecule has 32 heavy (non-hydrogen) atoms. The van der Waals surface area contributed by atoms with Gasteiger partial charge in [-0.2, -0.15) is 4.31 Å². The molecule has 1 saturated carbocycles. The van der Waals surface area contributed by atoms with Crippen molar-refractivity contribution < 1.29 is 13.6 Å². The number of hydrogen-bond acceptors (Lipinski definition) is 4. The van der Waals surface area contributed by atoms with E-state index in [0.717, 1.165) is 37.0 Å². The zero-order valence-corrected chi connectivity index (χ0v) is 20.1. The van der Waals surface area contributed by atoms with Crippen LogP contribution in [0.3, 0.4) is 0 Å². The van der Waals surface area contributed by atoms with Gasteiger partial charge in [0, 0.05) is 13.1 Å². The molecule has 1 aliphatic heterocycles. The Balaban J connectivity index is 1.63. The molecular weight excluding hydrogens is 420 g/mol. The van der Waals surface area contributed by atoms with Crippen molar-refractivity contribution in [3.63, 3.8) is 0 Å². The first kappa shape index (κ1) is 23.0. The number of sulfonamides is 1. The van der Waals surface area contributed by atoms with E-state index in [0.29, 0.717) is 30.3 Å². The Kier molecular flexibility index (Phi) is 6.21. The van der Waals surface area contributed by atoms with Crippen molar-refractivity contribution in [2.75, 3.05) is 13.1 Å². The lowest BCUT2D eigenvalue weighted by atomic mass is 9.60. The number of fused-ring (bicyclic) bond motifs is 1. The zero-order chi connectivity index (χ0) is 23.0. The van der Waals surface area contributed by atoms with Crippen LogP contribution in [0.15, 0.2) is 64.6 Å². The van der Waals surface area contributed by atoms with Crippen LogP contribution in [0, 0.1) is 11.3 Å². The number of hydrogen-bond donors (Lipinski definition) is 1. The van der Waals surface area contributed by atoms with Gasteiger partial charge in [-0.05, 0) is 72.1 Å². The van der Waals surface area contributed by atoms with E-state index in [2.05, 4.69) is 38.1 Å². The van der Waals surface area contributed by atoms with Gasteiger partial charge in [-0.1, -0.05) is 68.4 Å². The standard InChI is InChI=1S/C26H34N2O3S/c1-25(2,3)21-9-11-24(12-10-21)32(30,31)28-16-14-22-17-23(27-29)13-15-26(22,19-28)18-20-7-5-4-6-8-20/h4-12,22,29H,13-19H2,1-3H3/t22-,26-/m0/s1. The molecule has 2 aromatic carbocycles. The van der Waals surface area contributed by atoms with E-state index in [1.807, 2.05) is 30.3 Å². The van der Waals surface area contributed by atoms with Gasteiger partial charge in [-0.15, -0.1) is 0 Å². The molecule has 0 spiro atoms. The summed E-state index contributed by atoms with van der Waals surface area (Å²) in [7, 11) is -3.57. The van der Waals surface area contributed by atoms with Crippen LogP contribution in [0.2, 0.25) is 0 Å². The molecule has 2 aromatic rings. The highest BCUT2D eigenvalue weighted by Crippen LogP contribution is 2.48. The summed E-state index contributed by atoms with van der Waals surface area (Å²) in [6.07, 6.45) is 3.92. The molecule has 1 saturated heterocycles. The van der Waals surface area contributed by atoms with Crippen molar-refractivity contribution in [2.24, 2.45) is 16.5 Å². The van der Waals surface area contributed by atoms with Crippen LogP contribution in [0.5, 0.6) is 0 Å². The molecule has 2 aliphatic rings. The molecule has 0 amide bonds. The van der Waals surface area contributed by atoms with Crippen molar-refractivity contribution in [2.45, 2.75) is 63.2 Å². The third-order valence-corrected chi connectivity index (χ3v) is 9.24. The minimum atomic E-state index is -3.57. The first-order valence-electron chi connectivity index (χ1n) is 11.5. The van der Waals surface area contributed by atoms with Gasteiger partial charge in [0.2, 0.25) is 10.0 Å². The molecule has 2 atom stereocenters. The fraction of sp³-hybridized carbons (Fsp3) is 0.500. The third-order valence-electron chi connectivity index (χ3n) is 7.38. The van der Waals surface area contributed by atoms with Gasteiger partial charge in [0.05, 0.1) is 10.6 Å². The van der Waals surface area contributed by atoms with Crippen LogP contribution < -0.4 is 0 Å². The van der Waals surface area contributed by atoms with Crippen molar-refractivity contribution in [1.29, 1.82) is 0 Å². The summed E-state index contributed by atoms with van der Waals surface area (Å²) < 4.78 is 28.9. The second kappa shape index (κ2) is 8.64. The summed E-state index contributed by atoms with van der Waals surface area (Å²) in [6, 6.07) is 17.7. The van der Waals surface area contributed by atoms with E-state index in [9.17, 15) is 13.6 Å². The van der Waals surface area contributed by atoms with Crippen molar-refractivity contribution >= 4 is 15.7 Å². The van der Waals surface area contributed by atoms with E-state index in [1.54, 1.807) is 16.4 Å². The van der Waals surface area contributed by atoms with E-state index < -0.39 is 10.0 Å². The molecule has 1 aliphatic carbocycles. The molecule has 6 heteroatoms. The average molecular weight is 455 g/mol. The van der Waals surface area contributed by atoms with E-state index in [4.69, 9.17) is 0 Å². The van der Waals surface area contributed by atoms with Crippen molar-refractivity contribution in [1.82, 2.24) is 4.31 Å². The van der Waals surface area contributed by atoms with Crippen molar-refractivity contribution in [3.05, 3.63) is 65.7 Å². The van der Waals surface area contributed by atoms with Gasteiger partial charge in [-0.25, -0.2) is 8.42 Å². The molecule has 5 nitrogen and oxygen atoms in total. The Morgan fingerprint density at radius 3 is 2.41 bits per heavy atom. The van der Waals surface area contributed by atoms with Gasteiger partial charge in [0.15, 0.2) is 0 Å². The van der Waals surface area contributed by atoms with E-state index in [-0.39, 0.29) is 10.8 Å². The molecule has 0 radical (unpaired) electrons. The normalized spacial score (nSPS) is 26.1. The summed E-state index contributed by atoms with van der Waals surface area (Å²) >= 11 is 0. The van der Waals surface area contributed by atoms with E-state index in [1.165, 1.54) is 5.56 Å². The smallest absolute Gasteiger partial charge is 0.243 e. The quantitative estimate of drug-likeness (QED) is 0.507. The summed E-state index contributed by atoms with van der Waals surface area (Å²) in [5.74, 6) is 0.317. The van der Waals surface area contributed by atoms with Crippen molar-refractivity contribution in [3.8, 4) is 0 Å². The minimum absolute atomic E-state index is 0.0194. The number of oxime groups is 1. The molecule has 172 valence electrons. The number of rotatable bonds is 4. The van der Waals surface area contributed by atoms with Gasteiger partial charge in [0.25, 0.3) is 0 Å². The van der Waals surface area contributed by atoms with Gasteiger partial charge >= 0.3 is 0 Å². The lowest BCUT2D eigenvalue weighted by molar-refractivity contribution is 0.0520. The Morgan fingerprint density at radius 2 is 1.78 bits per heavy atom. The number of benzene rings is 2. The Labute approximate surface area is 192 Å². The molecule has 0 bridgehead atoms. The highest BCUT2D eigenvalue weighted by Gasteiger charge is 2.48. The maximum Gasteiger partial charge on any atom is 0.243 e. The van der Waals surface area contributed by atoms with Crippen LogP contribution in [0.1, 0.15) is 57.6 Å². The summed E-state index contributed by atoms with van der Waals surface area (Å²) in [4.78, 5) is 0.368. The van der Waals surface area contributed by atoms with Gasteiger partial charge < -0.3 is 5.21 Å². The Morgan fingerprint density at radius 1 is 1.09 bits per heavy atom. The van der Waals surface area contributed by atoms with Crippen LogP contribution in [-0.2, 0) is 21.9 Å². The monoisotopic (exact) mass is 454 g/mol. The van der Waals surface area contributed by atoms with Crippen LogP contribution in [0.25, 0.3) is 0 Å². The SMILES string of the molecule is CC(C)(C)c1ccc(S(=O)(=O)N2CC[C@H]3CC(=NO)CC[C@]3(Cc3ccccc3)C2)cc1. The van der Waals surface area contributed by atoms with E-state index >= 15 is 0 Å². The molecule has 0 unspecified atom stereocenters. The first-order chi connectivity index (χ1) is 15.1. The second-order valence-electron chi connectivity index (χ2n) is 10.5. The number of piperidine rings is 1. The molecule has 1 N–H and O–H groups in total. The lowest BCUT2D eigenvalue weighted by Gasteiger charge is -2.51. The predicted molar refractivity (Wildman–Crippen MR) is 128 cm³/mol. The Bertz CT molecular complexity index is 1070. The maximum atomic E-state index is 13.6. The zero-order valence-electron chi connectivity index (χ0n) is 19.3. The average Bonchev–Trinajstić information content (AvgIpc) is 2.78. The fourth-order valence-electron chi connectivity index (χ4n) is 5.41. The van der Waals surface area contributed by atoms with Crippen LogP contribution >= 0.6 is 0 Å². The van der Waals surface area contributed by atoms with Gasteiger partial charge in [0.1, 0.15) is 0 Å². The first-order valence-corrected chi connectivity index (χ1v) is 12.9. The fourth-order valence-corrected chi connectivity index (χ4v) is 6.96. The maximum absolute atomic E-state index is 13.6. The molecular formula is C26H34N2O3S. The van der Waals surface area contributed by atoms with Crippen LogP contribution in [0.4, 0.5) is 0 Å². The summed E-state index contributed by atoms with van der Waals surface area (Å²) in [5, 5.41) is 12.9. The Hall–Kier alpha value is -2.18. The highest BCUT2D eigenvalue weighted by molar-refractivity contribution is 7.89. The second-order valence-corrected chi connectivity index (χ2v) is 12.4. The molecule has 2 fully saturated rings. The molecule has 1 heterocycles. The minimum Gasteiger partial charge on any atom is -0.411 e. The molecule has 0 aromatic heterocycles. The topological polar surface area (TPSA) is 70.0 Å². The molecule has 4 rings (SSSR count). The lowest BCUT2D eigenvalue weighted by Crippen LogP contribution is -2.54. The third kappa shape index (κ3) is 4.48. The largest absolute Gasteiger partial charge is 0.411 e. The van der Waals surface area contributed by atoms with Gasteiger partial charge in [-0.3, -0.25) is 0 Å². The predicted octanol–water partition coefficient (Wildman–Crippen LogP) is 5.24. The number of nitrogens with zero attached hydrogens (tertiary/aromatic N) is 2. The highest BCUT2D eigenvalue weighted by atomic mass is 32.2.